The monoisotopic (exact) mass is 224 g/mol. The Morgan fingerprint density at radius 3 is 2.56 bits per heavy atom. The van der Waals surface area contributed by atoms with Gasteiger partial charge in [0.1, 0.15) is 0 Å². The molecular weight excluding hydrogens is 212 g/mol. The molecule has 0 aliphatic rings. The second-order valence-corrected chi connectivity index (χ2v) is 3.23. The van der Waals surface area contributed by atoms with E-state index in [4.69, 9.17) is 4.74 Å². The van der Waals surface area contributed by atoms with Gasteiger partial charge in [-0.1, -0.05) is 0 Å². The first kappa shape index (κ1) is 12.0. The summed E-state index contributed by atoms with van der Waals surface area (Å²) in [5.74, 6) is 0.0518. The highest BCUT2D eigenvalue weighted by molar-refractivity contribution is 5.91. The normalized spacial score (nSPS) is 9.69. The molecule has 16 heavy (non-hydrogen) atoms. The maximum atomic E-state index is 10.9. The van der Waals surface area contributed by atoms with E-state index in [1.54, 1.807) is 6.92 Å². The van der Waals surface area contributed by atoms with Crippen LogP contribution in [0.3, 0.4) is 0 Å². The second kappa shape index (κ2) is 4.61. The van der Waals surface area contributed by atoms with E-state index in [1.165, 1.54) is 26.2 Å². The molecule has 0 atom stereocenters. The van der Waals surface area contributed by atoms with Crippen molar-refractivity contribution in [3.8, 4) is 5.75 Å². The third-order valence-electron chi connectivity index (χ3n) is 2.09. The maximum absolute atomic E-state index is 10.9. The summed E-state index contributed by atoms with van der Waals surface area (Å²) in [6.07, 6.45) is 0. The number of hydrogen-bond donors (Lipinski definition) is 1. The summed E-state index contributed by atoms with van der Waals surface area (Å²) in [4.78, 5) is 21.1. The van der Waals surface area contributed by atoms with E-state index in [2.05, 4.69) is 5.32 Å². The minimum absolute atomic E-state index is 0.0362. The summed E-state index contributed by atoms with van der Waals surface area (Å²) in [7, 11) is 1.40. The van der Waals surface area contributed by atoms with Crippen LogP contribution in [0.25, 0.3) is 0 Å². The molecule has 1 amide bonds. The third-order valence-corrected chi connectivity index (χ3v) is 2.09. The fraction of sp³-hybridized carbons (Fsp3) is 0.300. The number of nitro groups is 1. The molecule has 0 spiro atoms. The summed E-state index contributed by atoms with van der Waals surface area (Å²) in [6.45, 7) is 2.93. The lowest BCUT2D eigenvalue weighted by molar-refractivity contribution is -0.385. The number of ether oxygens (including phenoxy) is 1. The number of carbonyl (C=O) groups excluding carboxylic acids is 1. The first-order valence-corrected chi connectivity index (χ1v) is 4.57. The molecule has 0 aliphatic heterocycles. The van der Waals surface area contributed by atoms with E-state index in [1.807, 2.05) is 0 Å². The molecule has 0 heterocycles. The number of anilines is 1. The third kappa shape index (κ3) is 2.28. The van der Waals surface area contributed by atoms with Gasteiger partial charge in [0.05, 0.1) is 23.3 Å². The van der Waals surface area contributed by atoms with Crippen LogP contribution in [-0.2, 0) is 4.79 Å². The van der Waals surface area contributed by atoms with Gasteiger partial charge >= 0.3 is 0 Å². The van der Waals surface area contributed by atoms with E-state index in [0.29, 0.717) is 17.0 Å². The van der Waals surface area contributed by atoms with Crippen molar-refractivity contribution >= 4 is 17.3 Å². The molecule has 1 aromatic rings. The highest BCUT2D eigenvalue weighted by Crippen LogP contribution is 2.34. The highest BCUT2D eigenvalue weighted by atomic mass is 16.6. The van der Waals surface area contributed by atoms with E-state index in [0.717, 1.165) is 0 Å². The summed E-state index contributed by atoms with van der Waals surface area (Å²) < 4.78 is 5.05. The summed E-state index contributed by atoms with van der Waals surface area (Å²) in [6, 6.07) is 2.79. The van der Waals surface area contributed by atoms with Gasteiger partial charge in [0.25, 0.3) is 5.69 Å². The zero-order valence-electron chi connectivity index (χ0n) is 9.23. The molecule has 1 aromatic carbocycles. The van der Waals surface area contributed by atoms with Crippen LogP contribution in [0.5, 0.6) is 5.75 Å². The SMILES string of the molecule is COc1c(NC(C)=O)ccc([N+](=O)[O-])c1C. The molecule has 0 aromatic heterocycles. The second-order valence-electron chi connectivity index (χ2n) is 3.23. The largest absolute Gasteiger partial charge is 0.494 e. The molecular formula is C10H12N2O4. The molecule has 0 unspecified atom stereocenters. The molecule has 0 bridgehead atoms. The number of rotatable bonds is 3. The fourth-order valence-electron chi connectivity index (χ4n) is 1.43. The van der Waals surface area contributed by atoms with Crippen LogP contribution in [0.2, 0.25) is 0 Å². The van der Waals surface area contributed by atoms with E-state index in [-0.39, 0.29) is 11.6 Å². The lowest BCUT2D eigenvalue weighted by Gasteiger charge is -2.11. The van der Waals surface area contributed by atoms with Crippen molar-refractivity contribution in [1.82, 2.24) is 0 Å². The Morgan fingerprint density at radius 1 is 1.50 bits per heavy atom. The molecule has 0 fully saturated rings. The summed E-state index contributed by atoms with van der Waals surface area (Å²) in [5.41, 5.74) is 0.780. The van der Waals surface area contributed by atoms with Crippen LogP contribution < -0.4 is 10.1 Å². The lowest BCUT2D eigenvalue weighted by atomic mass is 10.1. The Bertz CT molecular complexity index is 443. The average molecular weight is 224 g/mol. The molecule has 86 valence electrons. The first-order valence-electron chi connectivity index (χ1n) is 4.57. The van der Waals surface area contributed by atoms with Crippen molar-refractivity contribution in [2.24, 2.45) is 0 Å². The molecule has 1 N–H and O–H groups in total. The van der Waals surface area contributed by atoms with Crippen molar-refractivity contribution in [1.29, 1.82) is 0 Å². The number of benzene rings is 1. The van der Waals surface area contributed by atoms with Crippen molar-refractivity contribution in [2.75, 3.05) is 12.4 Å². The first-order chi connectivity index (χ1) is 7.47. The smallest absolute Gasteiger partial charge is 0.276 e. The molecule has 6 nitrogen and oxygen atoms in total. The zero-order chi connectivity index (χ0) is 12.3. The predicted octanol–water partition coefficient (Wildman–Crippen LogP) is 1.87. The molecule has 0 saturated heterocycles. The van der Waals surface area contributed by atoms with Gasteiger partial charge in [-0.3, -0.25) is 14.9 Å². The number of carbonyl (C=O) groups is 1. The van der Waals surface area contributed by atoms with Gasteiger partial charge in [-0.2, -0.15) is 0 Å². The minimum Gasteiger partial charge on any atom is -0.494 e. The van der Waals surface area contributed by atoms with Crippen molar-refractivity contribution in [2.45, 2.75) is 13.8 Å². The van der Waals surface area contributed by atoms with Gasteiger partial charge in [-0.25, -0.2) is 0 Å². The summed E-state index contributed by atoms with van der Waals surface area (Å²) >= 11 is 0. The highest BCUT2D eigenvalue weighted by Gasteiger charge is 2.18. The quantitative estimate of drug-likeness (QED) is 0.627. The van der Waals surface area contributed by atoms with Crippen LogP contribution in [0.1, 0.15) is 12.5 Å². The van der Waals surface area contributed by atoms with Crippen LogP contribution in [0.4, 0.5) is 11.4 Å². The van der Waals surface area contributed by atoms with E-state index in [9.17, 15) is 14.9 Å². The Labute approximate surface area is 92.4 Å². The fourth-order valence-corrected chi connectivity index (χ4v) is 1.43. The van der Waals surface area contributed by atoms with Gasteiger partial charge in [-0.15, -0.1) is 0 Å². The lowest BCUT2D eigenvalue weighted by Crippen LogP contribution is -2.08. The Morgan fingerprint density at radius 2 is 2.12 bits per heavy atom. The van der Waals surface area contributed by atoms with Gasteiger partial charge in [-0.05, 0) is 13.0 Å². The Kier molecular flexibility index (Phi) is 3.44. The van der Waals surface area contributed by atoms with E-state index < -0.39 is 4.92 Å². The predicted molar refractivity (Wildman–Crippen MR) is 58.7 cm³/mol. The molecule has 1 rings (SSSR count). The Hall–Kier alpha value is -2.11. The van der Waals surface area contributed by atoms with Crippen molar-refractivity contribution in [3.05, 3.63) is 27.8 Å². The van der Waals surface area contributed by atoms with Crippen molar-refractivity contribution in [3.63, 3.8) is 0 Å². The number of nitrogens with zero attached hydrogens (tertiary/aromatic N) is 1. The number of nitrogens with one attached hydrogen (secondary N) is 1. The van der Waals surface area contributed by atoms with Crippen molar-refractivity contribution < 1.29 is 14.5 Å². The van der Waals surface area contributed by atoms with Crippen LogP contribution in [0, 0.1) is 17.0 Å². The van der Waals surface area contributed by atoms with Gasteiger partial charge in [0.15, 0.2) is 5.75 Å². The van der Waals surface area contributed by atoms with E-state index >= 15 is 0 Å². The molecule has 0 radical (unpaired) electrons. The van der Waals surface area contributed by atoms with Gasteiger partial charge in [0, 0.05) is 13.0 Å². The molecule has 0 aliphatic carbocycles. The molecule has 6 heteroatoms. The van der Waals surface area contributed by atoms with Crippen LogP contribution >= 0.6 is 0 Å². The van der Waals surface area contributed by atoms with Crippen LogP contribution in [0.15, 0.2) is 12.1 Å². The number of methoxy groups -OCH3 is 1. The minimum atomic E-state index is -0.491. The number of hydrogen-bond acceptors (Lipinski definition) is 4. The number of nitro benzene ring substituents is 1. The van der Waals surface area contributed by atoms with Gasteiger partial charge in [0.2, 0.25) is 5.91 Å². The zero-order valence-corrected chi connectivity index (χ0v) is 9.23. The number of amides is 1. The average Bonchev–Trinajstić information content (AvgIpc) is 2.16. The molecule has 0 saturated carbocycles. The maximum Gasteiger partial charge on any atom is 0.276 e. The van der Waals surface area contributed by atoms with Gasteiger partial charge < -0.3 is 10.1 Å². The summed E-state index contributed by atoms with van der Waals surface area (Å²) in [5, 5.41) is 13.2. The van der Waals surface area contributed by atoms with Crippen LogP contribution in [-0.4, -0.2) is 17.9 Å². The Balaban J connectivity index is 3.29. The topological polar surface area (TPSA) is 81.5 Å². The standard InChI is InChI=1S/C10H12N2O4/c1-6-9(12(14)15)5-4-8(10(6)16-3)11-7(2)13/h4-5H,1-3H3,(H,11,13).